The molecule has 1 rings (SSSR count). The van der Waals surface area contributed by atoms with E-state index in [-0.39, 0.29) is 5.91 Å². The predicted octanol–water partition coefficient (Wildman–Crippen LogP) is 5.36. The van der Waals surface area contributed by atoms with Gasteiger partial charge >= 0.3 is 0 Å². The van der Waals surface area contributed by atoms with Gasteiger partial charge in [-0.1, -0.05) is 71.6 Å². The molecule has 0 aliphatic rings. The maximum atomic E-state index is 11.7. The number of hydrogen-bond acceptors (Lipinski definition) is 3. The molecule has 4 heteroatoms. The molecule has 0 bridgehead atoms. The molecule has 0 aromatic carbocycles. The molecule has 1 N–H and O–H groups in total. The normalized spacial score (nSPS) is 10.9. The van der Waals surface area contributed by atoms with Gasteiger partial charge in [-0.05, 0) is 18.4 Å². The van der Waals surface area contributed by atoms with Gasteiger partial charge in [-0.25, -0.2) is 9.97 Å². The highest BCUT2D eigenvalue weighted by molar-refractivity contribution is 5.88. The van der Waals surface area contributed by atoms with E-state index in [9.17, 15) is 4.79 Å². The molecule has 1 amide bonds. The van der Waals surface area contributed by atoms with Crippen molar-refractivity contribution in [2.75, 3.05) is 5.32 Å². The Labute approximate surface area is 141 Å². The highest BCUT2D eigenvalue weighted by Crippen LogP contribution is 2.13. The van der Waals surface area contributed by atoms with E-state index in [2.05, 4.69) is 29.1 Å². The van der Waals surface area contributed by atoms with Crippen LogP contribution in [0, 0.1) is 5.92 Å². The molecule has 0 radical (unpaired) electrons. The summed E-state index contributed by atoms with van der Waals surface area (Å²) >= 11 is 0. The number of nitrogens with zero attached hydrogens (tertiary/aromatic N) is 2. The molecular formula is C19H33N3O. The Morgan fingerprint density at radius 3 is 2.00 bits per heavy atom. The van der Waals surface area contributed by atoms with E-state index in [1.165, 1.54) is 51.4 Å². The van der Waals surface area contributed by atoms with Crippen LogP contribution < -0.4 is 5.32 Å². The summed E-state index contributed by atoms with van der Waals surface area (Å²) in [5, 5.41) is 2.72. The fourth-order valence-electron chi connectivity index (χ4n) is 2.63. The zero-order valence-electron chi connectivity index (χ0n) is 14.9. The number of hydrogen-bond donors (Lipinski definition) is 1. The Morgan fingerprint density at radius 2 is 1.43 bits per heavy atom. The maximum Gasteiger partial charge on any atom is 0.229 e. The van der Waals surface area contributed by atoms with Crippen molar-refractivity contribution in [2.24, 2.45) is 5.92 Å². The van der Waals surface area contributed by atoms with E-state index < -0.39 is 0 Å². The first kappa shape index (κ1) is 19.6. The van der Waals surface area contributed by atoms with Crippen molar-refractivity contribution in [3.8, 4) is 0 Å². The number of amides is 1. The van der Waals surface area contributed by atoms with Crippen molar-refractivity contribution < 1.29 is 4.79 Å². The molecule has 0 fully saturated rings. The van der Waals surface area contributed by atoms with Crippen LogP contribution in [-0.4, -0.2) is 15.9 Å². The molecule has 1 aromatic heterocycles. The van der Waals surface area contributed by atoms with Crippen LogP contribution in [0.2, 0.25) is 0 Å². The van der Waals surface area contributed by atoms with Crippen LogP contribution in [-0.2, 0) is 4.79 Å². The molecule has 0 unspecified atom stereocenters. The quantitative estimate of drug-likeness (QED) is 0.498. The largest absolute Gasteiger partial charge is 0.295 e. The number of nitrogens with one attached hydrogen (secondary N) is 1. The Kier molecular flexibility index (Phi) is 11.1. The minimum atomic E-state index is 0.0151. The second-order valence-corrected chi connectivity index (χ2v) is 6.74. The SMILES string of the molecule is CC(C)CCCCCCCCCCCC(=O)Nc1ncccn1. The lowest BCUT2D eigenvalue weighted by Gasteiger charge is -2.05. The Morgan fingerprint density at radius 1 is 0.913 bits per heavy atom. The fraction of sp³-hybridized carbons (Fsp3) is 0.737. The van der Waals surface area contributed by atoms with Gasteiger partial charge in [0.25, 0.3) is 0 Å². The predicted molar refractivity (Wildman–Crippen MR) is 96.3 cm³/mol. The van der Waals surface area contributed by atoms with Crippen molar-refractivity contribution in [3.63, 3.8) is 0 Å². The lowest BCUT2D eigenvalue weighted by atomic mass is 10.0. The van der Waals surface area contributed by atoms with Crippen LogP contribution in [0.25, 0.3) is 0 Å². The number of unbranched alkanes of at least 4 members (excludes halogenated alkanes) is 8. The minimum absolute atomic E-state index is 0.0151. The van der Waals surface area contributed by atoms with Crippen molar-refractivity contribution in [2.45, 2.75) is 84.5 Å². The van der Waals surface area contributed by atoms with Gasteiger partial charge in [-0.3, -0.25) is 10.1 Å². The first-order chi connectivity index (χ1) is 11.2. The van der Waals surface area contributed by atoms with Gasteiger partial charge in [0.1, 0.15) is 0 Å². The molecule has 130 valence electrons. The third-order valence-corrected chi connectivity index (χ3v) is 4.00. The molecule has 0 atom stereocenters. The van der Waals surface area contributed by atoms with E-state index in [0.29, 0.717) is 12.4 Å². The lowest BCUT2D eigenvalue weighted by Crippen LogP contribution is -2.13. The first-order valence-electron chi connectivity index (χ1n) is 9.25. The summed E-state index contributed by atoms with van der Waals surface area (Å²) in [5.74, 6) is 1.26. The zero-order valence-corrected chi connectivity index (χ0v) is 14.9. The van der Waals surface area contributed by atoms with Crippen molar-refractivity contribution in [1.82, 2.24) is 9.97 Å². The molecule has 1 heterocycles. The smallest absolute Gasteiger partial charge is 0.229 e. The molecule has 0 saturated heterocycles. The van der Waals surface area contributed by atoms with Crippen LogP contribution in [0.5, 0.6) is 0 Å². The summed E-state index contributed by atoms with van der Waals surface area (Å²) in [4.78, 5) is 19.7. The van der Waals surface area contributed by atoms with Gasteiger partial charge in [-0.2, -0.15) is 0 Å². The zero-order chi connectivity index (χ0) is 16.8. The van der Waals surface area contributed by atoms with E-state index in [1.807, 2.05) is 0 Å². The van der Waals surface area contributed by atoms with Crippen molar-refractivity contribution in [1.29, 1.82) is 0 Å². The van der Waals surface area contributed by atoms with Gasteiger partial charge in [0.05, 0.1) is 0 Å². The average molecular weight is 319 g/mol. The highest BCUT2D eigenvalue weighted by Gasteiger charge is 2.03. The summed E-state index contributed by atoms with van der Waals surface area (Å²) in [7, 11) is 0. The molecular weight excluding hydrogens is 286 g/mol. The first-order valence-corrected chi connectivity index (χ1v) is 9.25. The highest BCUT2D eigenvalue weighted by atomic mass is 16.1. The summed E-state index contributed by atoms with van der Waals surface area (Å²) in [6, 6.07) is 1.74. The van der Waals surface area contributed by atoms with E-state index in [1.54, 1.807) is 18.5 Å². The summed E-state index contributed by atoms with van der Waals surface area (Å²) in [6.45, 7) is 4.60. The van der Waals surface area contributed by atoms with Crippen LogP contribution in [0.15, 0.2) is 18.5 Å². The number of anilines is 1. The van der Waals surface area contributed by atoms with Gasteiger partial charge in [0.15, 0.2) is 0 Å². The number of carbonyl (C=O) groups excluding carboxylic acids is 1. The molecule has 0 aliphatic heterocycles. The molecule has 0 spiro atoms. The second-order valence-electron chi connectivity index (χ2n) is 6.74. The summed E-state index contributed by atoms with van der Waals surface area (Å²) < 4.78 is 0. The third kappa shape index (κ3) is 11.7. The van der Waals surface area contributed by atoms with Crippen LogP contribution >= 0.6 is 0 Å². The van der Waals surface area contributed by atoms with Gasteiger partial charge in [0.2, 0.25) is 11.9 Å². The summed E-state index contributed by atoms with van der Waals surface area (Å²) in [6.07, 6.45) is 16.7. The van der Waals surface area contributed by atoms with Crippen LogP contribution in [0.3, 0.4) is 0 Å². The van der Waals surface area contributed by atoms with Gasteiger partial charge in [0, 0.05) is 18.8 Å². The second kappa shape index (κ2) is 13.0. The number of carbonyl (C=O) groups is 1. The van der Waals surface area contributed by atoms with Crippen molar-refractivity contribution >= 4 is 11.9 Å². The Bertz CT molecular complexity index is 406. The minimum Gasteiger partial charge on any atom is -0.295 e. The lowest BCUT2D eigenvalue weighted by molar-refractivity contribution is -0.116. The Hall–Kier alpha value is -1.45. The van der Waals surface area contributed by atoms with Crippen molar-refractivity contribution in [3.05, 3.63) is 18.5 Å². The molecule has 4 nitrogen and oxygen atoms in total. The monoisotopic (exact) mass is 319 g/mol. The van der Waals surface area contributed by atoms with Crippen LogP contribution in [0.1, 0.15) is 84.5 Å². The fourth-order valence-corrected chi connectivity index (χ4v) is 2.63. The topological polar surface area (TPSA) is 54.9 Å². The van der Waals surface area contributed by atoms with Gasteiger partial charge in [-0.15, -0.1) is 0 Å². The standard InChI is InChI=1S/C19H33N3O/c1-17(2)13-10-8-6-4-3-5-7-9-11-14-18(23)22-19-20-15-12-16-21-19/h12,15-17H,3-11,13-14H2,1-2H3,(H,20,21,22,23). The molecule has 1 aromatic rings. The maximum absolute atomic E-state index is 11.7. The molecule has 0 saturated carbocycles. The van der Waals surface area contributed by atoms with E-state index >= 15 is 0 Å². The van der Waals surface area contributed by atoms with E-state index in [4.69, 9.17) is 0 Å². The van der Waals surface area contributed by atoms with Crippen LogP contribution in [0.4, 0.5) is 5.95 Å². The number of rotatable bonds is 13. The summed E-state index contributed by atoms with van der Waals surface area (Å²) in [5.41, 5.74) is 0. The average Bonchev–Trinajstić information content (AvgIpc) is 2.53. The number of aromatic nitrogens is 2. The third-order valence-electron chi connectivity index (χ3n) is 4.00. The Balaban J connectivity index is 1.85. The molecule has 0 aliphatic carbocycles. The molecule has 23 heavy (non-hydrogen) atoms. The van der Waals surface area contributed by atoms with Gasteiger partial charge < -0.3 is 0 Å². The van der Waals surface area contributed by atoms with E-state index in [0.717, 1.165) is 18.8 Å².